The number of aryl methyl sites for hydroxylation is 1. The number of carbonyl (C=O) groups excluding carboxylic acids is 2. The van der Waals surface area contributed by atoms with Crippen molar-refractivity contribution in [2.24, 2.45) is 0 Å². The van der Waals surface area contributed by atoms with Crippen LogP contribution in [0.4, 0.5) is 0 Å². The van der Waals surface area contributed by atoms with Crippen molar-refractivity contribution < 1.29 is 14.3 Å². The van der Waals surface area contributed by atoms with E-state index >= 15 is 0 Å². The zero-order valence-electron chi connectivity index (χ0n) is 17.1. The molecule has 2 aromatic rings. The molecule has 0 radical (unpaired) electrons. The predicted molar refractivity (Wildman–Crippen MR) is 110 cm³/mol. The second-order valence-corrected chi connectivity index (χ2v) is 7.80. The molecule has 1 N–H and O–H groups in total. The van der Waals surface area contributed by atoms with Crippen LogP contribution in [-0.2, 0) is 6.42 Å². The number of carbonyl (C=O) groups is 2. The van der Waals surface area contributed by atoms with Crippen LogP contribution in [0.15, 0.2) is 30.3 Å². The highest BCUT2D eigenvalue weighted by atomic mass is 35.5. The Morgan fingerprint density at radius 1 is 1.25 bits per heavy atom. The van der Waals surface area contributed by atoms with Crippen LogP contribution in [0, 0.1) is 6.92 Å². The van der Waals surface area contributed by atoms with Gasteiger partial charge in [-0.2, -0.15) is 0 Å². The molecule has 2 rings (SSSR count). The van der Waals surface area contributed by atoms with E-state index in [2.05, 4.69) is 10.4 Å². The summed E-state index contributed by atoms with van der Waals surface area (Å²) in [5.41, 5.74) is 4.32. The van der Waals surface area contributed by atoms with Crippen LogP contribution in [0.1, 0.15) is 59.7 Å². The van der Waals surface area contributed by atoms with Crippen molar-refractivity contribution in [2.45, 2.75) is 46.6 Å². The van der Waals surface area contributed by atoms with E-state index in [-0.39, 0.29) is 17.0 Å². The van der Waals surface area contributed by atoms with Crippen molar-refractivity contribution >= 4 is 23.4 Å². The Morgan fingerprint density at radius 3 is 2.46 bits per heavy atom. The first-order valence-corrected chi connectivity index (χ1v) is 9.41. The molecular formula is C21H26ClN3O3. The van der Waals surface area contributed by atoms with E-state index in [4.69, 9.17) is 16.3 Å². The van der Waals surface area contributed by atoms with Gasteiger partial charge in [-0.3, -0.25) is 15.0 Å². The zero-order chi connectivity index (χ0) is 21.1. The lowest BCUT2D eigenvalue weighted by Gasteiger charge is -2.35. The maximum absolute atomic E-state index is 13.1. The van der Waals surface area contributed by atoms with Gasteiger partial charge in [0.15, 0.2) is 0 Å². The first kappa shape index (κ1) is 21.7. The van der Waals surface area contributed by atoms with Gasteiger partial charge in [0.25, 0.3) is 11.8 Å². The van der Waals surface area contributed by atoms with E-state index in [1.165, 1.54) is 11.1 Å². The molecule has 1 aromatic carbocycles. The number of nitrogens with zero attached hydrogens (tertiary/aromatic N) is 2. The van der Waals surface area contributed by atoms with Gasteiger partial charge in [0.2, 0.25) is 0 Å². The lowest BCUT2D eigenvalue weighted by atomic mass is 10.0. The third-order valence-electron chi connectivity index (χ3n) is 4.21. The third kappa shape index (κ3) is 4.81. The van der Waals surface area contributed by atoms with E-state index in [0.717, 1.165) is 5.56 Å². The van der Waals surface area contributed by atoms with Gasteiger partial charge in [-0.1, -0.05) is 24.6 Å². The standard InChI is InChI=1S/C21H26ClN3O3/c1-7-15-16(9-8-10-17(15)28-6)19(26)24-25(21(3,4)5)20(27)14-11-13(2)23-18(22)12-14/h8-12H,7H2,1-6H3,(H,24,26). The van der Waals surface area contributed by atoms with Crippen LogP contribution < -0.4 is 10.2 Å². The highest BCUT2D eigenvalue weighted by molar-refractivity contribution is 6.29. The Morgan fingerprint density at radius 2 is 1.93 bits per heavy atom. The summed E-state index contributed by atoms with van der Waals surface area (Å²) in [4.78, 5) is 30.2. The fraction of sp³-hybridized carbons (Fsp3) is 0.381. The Kier molecular flexibility index (Phi) is 6.67. The Bertz CT molecular complexity index is 871. The van der Waals surface area contributed by atoms with E-state index in [9.17, 15) is 9.59 Å². The quantitative estimate of drug-likeness (QED) is 0.613. The van der Waals surface area contributed by atoms with Crippen molar-refractivity contribution in [1.29, 1.82) is 0 Å². The monoisotopic (exact) mass is 403 g/mol. The first-order chi connectivity index (χ1) is 13.1. The maximum Gasteiger partial charge on any atom is 0.272 e. The molecule has 1 aromatic heterocycles. The minimum absolute atomic E-state index is 0.226. The molecule has 0 bridgehead atoms. The van der Waals surface area contributed by atoms with Crippen molar-refractivity contribution in [3.8, 4) is 5.75 Å². The molecule has 6 nitrogen and oxygen atoms in total. The van der Waals surface area contributed by atoms with Gasteiger partial charge in [0.1, 0.15) is 10.9 Å². The van der Waals surface area contributed by atoms with E-state index < -0.39 is 5.54 Å². The minimum atomic E-state index is -0.665. The fourth-order valence-electron chi connectivity index (χ4n) is 2.90. The lowest BCUT2D eigenvalue weighted by Crippen LogP contribution is -2.56. The number of amides is 2. The number of methoxy groups -OCH3 is 1. The van der Waals surface area contributed by atoms with Crippen molar-refractivity contribution in [2.75, 3.05) is 7.11 Å². The molecule has 0 saturated carbocycles. The van der Waals surface area contributed by atoms with E-state index in [0.29, 0.717) is 29.0 Å². The number of pyridine rings is 1. The van der Waals surface area contributed by atoms with Crippen LogP contribution in [0.5, 0.6) is 5.75 Å². The summed E-state index contributed by atoms with van der Waals surface area (Å²) in [6, 6.07) is 8.41. The predicted octanol–water partition coefficient (Wildman–Crippen LogP) is 4.20. The van der Waals surface area contributed by atoms with Gasteiger partial charge in [-0.15, -0.1) is 0 Å². The molecule has 0 unspecified atom stereocenters. The number of hydrogen-bond donors (Lipinski definition) is 1. The molecule has 0 aliphatic heterocycles. The molecule has 150 valence electrons. The molecule has 2 amide bonds. The largest absolute Gasteiger partial charge is 0.496 e. The minimum Gasteiger partial charge on any atom is -0.496 e. The highest BCUT2D eigenvalue weighted by Gasteiger charge is 2.30. The normalized spacial score (nSPS) is 11.1. The molecule has 0 fully saturated rings. The Labute approximate surface area is 170 Å². The molecular weight excluding hydrogens is 378 g/mol. The smallest absolute Gasteiger partial charge is 0.272 e. The Balaban J connectivity index is 2.41. The molecule has 0 aliphatic rings. The van der Waals surface area contributed by atoms with Gasteiger partial charge in [-0.05, 0) is 58.4 Å². The lowest BCUT2D eigenvalue weighted by molar-refractivity contribution is 0.0358. The number of rotatable bonds is 4. The number of benzene rings is 1. The number of halogens is 1. The van der Waals surface area contributed by atoms with Crippen LogP contribution in [0.25, 0.3) is 0 Å². The molecule has 0 aliphatic carbocycles. The van der Waals surface area contributed by atoms with Crippen molar-refractivity contribution in [3.63, 3.8) is 0 Å². The summed E-state index contributed by atoms with van der Waals surface area (Å²) in [7, 11) is 1.57. The third-order valence-corrected chi connectivity index (χ3v) is 4.40. The van der Waals surface area contributed by atoms with Gasteiger partial charge in [0.05, 0.1) is 12.6 Å². The summed E-state index contributed by atoms with van der Waals surface area (Å²) in [6.45, 7) is 9.23. The average Bonchev–Trinajstić information content (AvgIpc) is 2.62. The molecule has 7 heteroatoms. The van der Waals surface area contributed by atoms with Crippen LogP contribution in [0.3, 0.4) is 0 Å². The van der Waals surface area contributed by atoms with Crippen LogP contribution in [-0.4, -0.2) is 34.5 Å². The zero-order valence-corrected chi connectivity index (χ0v) is 17.8. The van der Waals surface area contributed by atoms with Crippen LogP contribution in [0.2, 0.25) is 5.15 Å². The summed E-state index contributed by atoms with van der Waals surface area (Å²) in [5.74, 6) is -0.106. The Hall–Kier alpha value is -2.60. The first-order valence-electron chi connectivity index (χ1n) is 9.04. The molecule has 0 spiro atoms. The van der Waals surface area contributed by atoms with E-state index in [1.54, 1.807) is 32.2 Å². The van der Waals surface area contributed by atoms with Crippen molar-refractivity contribution in [3.05, 3.63) is 57.9 Å². The van der Waals surface area contributed by atoms with Gasteiger partial charge >= 0.3 is 0 Å². The SMILES string of the molecule is CCc1c(OC)cccc1C(=O)NN(C(=O)c1cc(C)nc(Cl)c1)C(C)(C)C. The summed E-state index contributed by atoms with van der Waals surface area (Å²) >= 11 is 6.00. The number of nitrogens with one attached hydrogen (secondary N) is 1. The second-order valence-electron chi connectivity index (χ2n) is 7.41. The van der Waals surface area contributed by atoms with E-state index in [1.807, 2.05) is 33.8 Å². The number of ether oxygens (including phenoxy) is 1. The fourth-order valence-corrected chi connectivity index (χ4v) is 3.15. The summed E-state index contributed by atoms with van der Waals surface area (Å²) in [5, 5.41) is 1.55. The van der Waals surface area contributed by atoms with Crippen LogP contribution >= 0.6 is 11.6 Å². The molecule has 0 atom stereocenters. The number of hydrogen-bond acceptors (Lipinski definition) is 4. The maximum atomic E-state index is 13.1. The summed E-state index contributed by atoms with van der Waals surface area (Å²) < 4.78 is 5.36. The second kappa shape index (κ2) is 8.61. The summed E-state index contributed by atoms with van der Waals surface area (Å²) in [6.07, 6.45) is 0.620. The van der Waals surface area contributed by atoms with Gasteiger partial charge in [-0.25, -0.2) is 9.99 Å². The van der Waals surface area contributed by atoms with Crippen molar-refractivity contribution in [1.82, 2.24) is 15.4 Å². The number of aromatic nitrogens is 1. The van der Waals surface area contributed by atoms with Gasteiger partial charge in [0, 0.05) is 22.4 Å². The average molecular weight is 404 g/mol. The van der Waals surface area contributed by atoms with Gasteiger partial charge < -0.3 is 4.74 Å². The molecule has 0 saturated heterocycles. The number of hydrazine groups is 1. The highest BCUT2D eigenvalue weighted by Crippen LogP contribution is 2.24. The molecule has 1 heterocycles. The topological polar surface area (TPSA) is 71.5 Å². The molecule has 28 heavy (non-hydrogen) atoms.